The highest BCUT2D eigenvalue weighted by atomic mass is 79.9. The Hall–Kier alpha value is -1.13. The monoisotopic (exact) mass is 321 g/mol. The third kappa shape index (κ3) is 1.85. The van der Waals surface area contributed by atoms with E-state index in [-0.39, 0.29) is 12.0 Å². The number of ether oxygens (including phenoxy) is 1. The molecule has 0 saturated carbocycles. The topological polar surface area (TPSA) is 29.5 Å². The van der Waals surface area contributed by atoms with Gasteiger partial charge in [-0.15, -0.1) is 0 Å². The maximum atomic E-state index is 12.7. The van der Waals surface area contributed by atoms with Crippen molar-refractivity contribution in [2.24, 2.45) is 0 Å². The Balaban J connectivity index is 2.17. The summed E-state index contributed by atoms with van der Waals surface area (Å²) in [6, 6.07) is 7.81. The number of hydrogen-bond donors (Lipinski definition) is 0. The highest BCUT2D eigenvalue weighted by Crippen LogP contribution is 2.49. The third-order valence-electron chi connectivity index (χ3n) is 3.80. The van der Waals surface area contributed by atoms with Gasteiger partial charge in [0.1, 0.15) is 0 Å². The number of halogens is 1. The van der Waals surface area contributed by atoms with Gasteiger partial charge in [-0.2, -0.15) is 0 Å². The molecule has 0 aromatic heterocycles. The van der Waals surface area contributed by atoms with Crippen molar-refractivity contribution < 1.29 is 9.53 Å². The van der Waals surface area contributed by atoms with Crippen LogP contribution >= 0.6 is 16.1 Å². The molecule has 1 amide bonds. The van der Waals surface area contributed by atoms with Crippen LogP contribution in [0.5, 0.6) is 0 Å². The fourth-order valence-corrected chi connectivity index (χ4v) is 3.52. The minimum Gasteiger partial charge on any atom is -0.357 e. The predicted molar refractivity (Wildman–Crippen MR) is 78.1 cm³/mol. The quantitative estimate of drug-likeness (QED) is 0.539. The summed E-state index contributed by atoms with van der Waals surface area (Å²) in [5.41, 5.74) is 2.18. The van der Waals surface area contributed by atoms with Crippen LogP contribution in [0, 0.1) is 0 Å². The van der Waals surface area contributed by atoms with Gasteiger partial charge >= 0.3 is 0 Å². The molecule has 3 rings (SSSR count). The maximum Gasteiger partial charge on any atom is 0.274 e. The molecule has 0 aliphatic carbocycles. The van der Waals surface area contributed by atoms with Crippen molar-refractivity contribution in [3.8, 4) is 0 Å². The van der Waals surface area contributed by atoms with E-state index in [1.54, 1.807) is 0 Å². The molecule has 4 heteroatoms. The van der Waals surface area contributed by atoms with E-state index in [1.807, 2.05) is 31.2 Å². The van der Waals surface area contributed by atoms with Gasteiger partial charge in [0.25, 0.3) is 5.91 Å². The van der Waals surface area contributed by atoms with Crippen LogP contribution in [-0.4, -0.2) is 12.0 Å². The first-order valence-electron chi connectivity index (χ1n) is 6.48. The lowest BCUT2D eigenvalue weighted by molar-refractivity contribution is -0.149. The summed E-state index contributed by atoms with van der Waals surface area (Å²) in [6.45, 7) is 4.08. The van der Waals surface area contributed by atoms with Crippen LogP contribution in [-0.2, 0) is 15.1 Å². The molecule has 2 atom stereocenters. The Labute approximate surface area is 121 Å². The zero-order valence-corrected chi connectivity index (χ0v) is 12.6. The number of anilines is 1. The van der Waals surface area contributed by atoms with E-state index in [2.05, 4.69) is 29.1 Å². The van der Waals surface area contributed by atoms with Crippen molar-refractivity contribution in [3.63, 3.8) is 0 Å². The molecule has 0 unspecified atom stereocenters. The lowest BCUT2D eigenvalue weighted by Gasteiger charge is -2.29. The van der Waals surface area contributed by atoms with E-state index in [9.17, 15) is 4.79 Å². The van der Waals surface area contributed by atoms with Gasteiger partial charge < -0.3 is 4.74 Å². The minimum absolute atomic E-state index is 0.0322. The molecule has 3 nitrogen and oxygen atoms in total. The van der Waals surface area contributed by atoms with Gasteiger partial charge in [-0.1, -0.05) is 29.8 Å². The fraction of sp³-hybridized carbons (Fsp3) is 0.400. The largest absolute Gasteiger partial charge is 0.357 e. The zero-order chi connectivity index (χ0) is 13.6. The molecule has 1 aromatic carbocycles. The Kier molecular flexibility index (Phi) is 3.02. The summed E-state index contributed by atoms with van der Waals surface area (Å²) in [6.07, 6.45) is 3.68. The molecule has 0 radical (unpaired) electrons. The number of rotatable bonds is 0. The number of amides is 1. The second-order valence-electron chi connectivity index (χ2n) is 5.32. The number of benzene rings is 1. The van der Waals surface area contributed by atoms with Crippen LogP contribution in [0.15, 0.2) is 35.9 Å². The Bertz CT molecular complexity index is 569. The number of fused-ring (bicyclic) bond motifs is 2. The molecular weight excluding hydrogens is 306 g/mol. The average molecular weight is 322 g/mol. The third-order valence-corrected chi connectivity index (χ3v) is 4.51. The first-order valence-corrected chi connectivity index (χ1v) is 7.19. The van der Waals surface area contributed by atoms with Crippen LogP contribution in [0.25, 0.3) is 0 Å². The smallest absolute Gasteiger partial charge is 0.274 e. The van der Waals surface area contributed by atoms with Crippen LogP contribution in [0.3, 0.4) is 0 Å². The molecule has 2 heterocycles. The number of hydrogen-bond acceptors (Lipinski definition) is 2. The van der Waals surface area contributed by atoms with Gasteiger partial charge in [-0.25, -0.2) is 3.93 Å². The SMILES string of the molecule is CC1=CC[C@@H](C)O[C@@]2(C1)C(=O)N(Br)c1ccccc12. The molecule has 0 N–H and O–H groups in total. The van der Waals surface area contributed by atoms with Crippen molar-refractivity contribution in [3.05, 3.63) is 41.5 Å². The second-order valence-corrected chi connectivity index (χ2v) is 6.03. The molecule has 100 valence electrons. The van der Waals surface area contributed by atoms with Gasteiger partial charge in [0, 0.05) is 12.0 Å². The van der Waals surface area contributed by atoms with Gasteiger partial charge in [0.2, 0.25) is 0 Å². The van der Waals surface area contributed by atoms with Crippen LogP contribution < -0.4 is 3.93 Å². The predicted octanol–water partition coefficient (Wildman–Crippen LogP) is 3.68. The summed E-state index contributed by atoms with van der Waals surface area (Å²) in [5, 5.41) is 0. The van der Waals surface area contributed by atoms with E-state index < -0.39 is 5.60 Å². The Morgan fingerprint density at radius 2 is 2.16 bits per heavy atom. The van der Waals surface area contributed by atoms with Crippen molar-refractivity contribution in [1.82, 2.24) is 0 Å². The first kappa shape index (κ1) is 12.9. The molecule has 0 bridgehead atoms. The van der Waals surface area contributed by atoms with Crippen LogP contribution in [0.2, 0.25) is 0 Å². The van der Waals surface area contributed by atoms with E-state index in [1.165, 1.54) is 9.50 Å². The molecule has 2 aliphatic heterocycles. The van der Waals surface area contributed by atoms with E-state index in [0.29, 0.717) is 6.42 Å². The zero-order valence-electron chi connectivity index (χ0n) is 11.0. The standard InChI is InChI=1S/C15H16BrNO2/c1-10-7-8-11(2)19-15(9-10)12-5-3-4-6-13(12)17(16)14(15)18/h3-7,11H,8-9H2,1-2H3/t11-,15-/m1/s1. The van der Waals surface area contributed by atoms with Crippen molar-refractivity contribution >= 4 is 27.7 Å². The van der Waals surface area contributed by atoms with E-state index in [4.69, 9.17) is 4.74 Å². The molecule has 2 aliphatic rings. The summed E-state index contributed by atoms with van der Waals surface area (Å²) >= 11 is 3.36. The number of para-hydroxylation sites is 1. The van der Waals surface area contributed by atoms with Gasteiger partial charge in [0.15, 0.2) is 5.60 Å². The van der Waals surface area contributed by atoms with E-state index >= 15 is 0 Å². The number of carbonyl (C=O) groups excluding carboxylic acids is 1. The molecule has 0 saturated heterocycles. The first-order chi connectivity index (χ1) is 9.04. The lowest BCUT2D eigenvalue weighted by Crippen LogP contribution is -2.41. The van der Waals surface area contributed by atoms with Crippen molar-refractivity contribution in [2.45, 2.75) is 38.4 Å². The highest BCUT2D eigenvalue weighted by Gasteiger charge is 2.52. The number of nitrogens with zero attached hydrogens (tertiary/aromatic N) is 1. The van der Waals surface area contributed by atoms with Gasteiger partial charge in [-0.05, 0) is 26.3 Å². The van der Waals surface area contributed by atoms with Crippen molar-refractivity contribution in [2.75, 3.05) is 3.93 Å². The summed E-state index contributed by atoms with van der Waals surface area (Å²) in [5.74, 6) is -0.0322. The molecule has 1 spiro atoms. The molecular formula is C15H16BrNO2. The van der Waals surface area contributed by atoms with E-state index in [0.717, 1.165) is 17.7 Å². The molecule has 0 fully saturated rings. The Morgan fingerprint density at radius 3 is 2.95 bits per heavy atom. The minimum atomic E-state index is -0.864. The average Bonchev–Trinajstić information content (AvgIpc) is 2.54. The van der Waals surface area contributed by atoms with Crippen LogP contribution in [0.1, 0.15) is 32.3 Å². The molecule has 1 aromatic rings. The summed E-state index contributed by atoms with van der Waals surface area (Å²) in [4.78, 5) is 12.7. The Morgan fingerprint density at radius 1 is 1.42 bits per heavy atom. The highest BCUT2D eigenvalue weighted by molar-refractivity contribution is 9.10. The van der Waals surface area contributed by atoms with Crippen LogP contribution in [0.4, 0.5) is 5.69 Å². The molecule has 19 heavy (non-hydrogen) atoms. The fourth-order valence-electron chi connectivity index (χ4n) is 2.92. The van der Waals surface area contributed by atoms with Crippen molar-refractivity contribution in [1.29, 1.82) is 0 Å². The normalized spacial score (nSPS) is 30.3. The number of carbonyl (C=O) groups is 1. The second kappa shape index (κ2) is 4.46. The van der Waals surface area contributed by atoms with Gasteiger partial charge in [-0.3, -0.25) is 4.79 Å². The maximum absolute atomic E-state index is 12.7. The summed E-state index contributed by atoms with van der Waals surface area (Å²) in [7, 11) is 0. The lowest BCUT2D eigenvalue weighted by atomic mass is 9.88. The summed E-state index contributed by atoms with van der Waals surface area (Å²) < 4.78 is 7.70. The van der Waals surface area contributed by atoms with Gasteiger partial charge in [0.05, 0.1) is 27.9 Å².